The van der Waals surface area contributed by atoms with Gasteiger partial charge in [0.05, 0.1) is 0 Å². The average molecular weight is 213 g/mol. The molecule has 0 aliphatic heterocycles. The summed E-state index contributed by atoms with van der Waals surface area (Å²) >= 11 is 4.62. The molecule has 0 unspecified atom stereocenters. The quantitative estimate of drug-likeness (QED) is 0.427. The minimum Gasteiger partial charge on any atom is -0.375 e. The van der Waals surface area contributed by atoms with Gasteiger partial charge in [0.15, 0.2) is 5.11 Å². The lowest BCUT2D eigenvalue weighted by molar-refractivity contribution is 0.344. The molecule has 0 saturated heterocycles. The Bertz CT molecular complexity index is 198. The van der Waals surface area contributed by atoms with Crippen LogP contribution in [0.3, 0.4) is 0 Å². The molecule has 1 aliphatic carbocycles. The maximum absolute atomic E-state index is 5.22. The Morgan fingerprint density at radius 3 is 2.79 bits per heavy atom. The molecule has 4 heteroatoms. The molecule has 1 rings (SSSR count). The summed E-state index contributed by atoms with van der Waals surface area (Å²) in [6.45, 7) is 0. The number of hydrogen-bond acceptors (Lipinski definition) is 2. The van der Waals surface area contributed by atoms with Crippen molar-refractivity contribution in [1.29, 1.82) is 0 Å². The third kappa shape index (κ3) is 5.17. The molecule has 14 heavy (non-hydrogen) atoms. The fraction of sp³-hybridized carbons (Fsp3) is 0.800. The predicted molar refractivity (Wildman–Crippen MR) is 64.2 cm³/mol. The van der Waals surface area contributed by atoms with E-state index in [1.165, 1.54) is 38.5 Å². The van der Waals surface area contributed by atoms with Crippen molar-refractivity contribution in [1.82, 2.24) is 5.43 Å². The first-order chi connectivity index (χ1) is 6.79. The molecule has 0 bridgehead atoms. The number of hydrogen-bond donors (Lipinski definition) is 2. The second-order valence-electron chi connectivity index (χ2n) is 3.87. The van der Waals surface area contributed by atoms with Gasteiger partial charge in [-0.25, -0.2) is 0 Å². The van der Waals surface area contributed by atoms with Crippen LogP contribution in [0, 0.1) is 5.92 Å². The van der Waals surface area contributed by atoms with Crippen molar-refractivity contribution in [2.24, 2.45) is 16.8 Å². The third-order valence-electron chi connectivity index (χ3n) is 2.69. The van der Waals surface area contributed by atoms with E-state index in [-0.39, 0.29) is 5.11 Å². The van der Waals surface area contributed by atoms with E-state index < -0.39 is 0 Å². The molecular weight excluding hydrogens is 194 g/mol. The van der Waals surface area contributed by atoms with E-state index in [0.29, 0.717) is 0 Å². The van der Waals surface area contributed by atoms with E-state index in [4.69, 9.17) is 5.73 Å². The number of nitrogens with two attached hydrogens (primary N) is 1. The van der Waals surface area contributed by atoms with E-state index in [1.807, 2.05) is 6.21 Å². The summed E-state index contributed by atoms with van der Waals surface area (Å²) in [4.78, 5) is 0. The Morgan fingerprint density at radius 2 is 2.14 bits per heavy atom. The van der Waals surface area contributed by atoms with E-state index in [9.17, 15) is 0 Å². The zero-order valence-electron chi connectivity index (χ0n) is 8.54. The van der Waals surface area contributed by atoms with Gasteiger partial charge in [-0.3, -0.25) is 5.43 Å². The number of nitrogens with zero attached hydrogens (tertiary/aromatic N) is 1. The first-order valence-electron chi connectivity index (χ1n) is 5.36. The van der Waals surface area contributed by atoms with E-state index in [2.05, 4.69) is 22.7 Å². The van der Waals surface area contributed by atoms with Gasteiger partial charge in [-0.1, -0.05) is 32.1 Å². The van der Waals surface area contributed by atoms with Crippen molar-refractivity contribution in [2.75, 3.05) is 0 Å². The maximum atomic E-state index is 5.22. The fourth-order valence-corrected chi connectivity index (χ4v) is 2.01. The van der Waals surface area contributed by atoms with Gasteiger partial charge < -0.3 is 5.73 Å². The first kappa shape index (κ1) is 11.4. The van der Waals surface area contributed by atoms with Crippen LogP contribution < -0.4 is 11.2 Å². The van der Waals surface area contributed by atoms with Crippen molar-refractivity contribution < 1.29 is 0 Å². The summed E-state index contributed by atoms with van der Waals surface area (Å²) in [5, 5.41) is 4.15. The summed E-state index contributed by atoms with van der Waals surface area (Å²) in [5.41, 5.74) is 7.79. The smallest absolute Gasteiger partial charge is 0.184 e. The molecule has 0 atom stereocenters. The summed E-state index contributed by atoms with van der Waals surface area (Å²) in [7, 11) is 0. The van der Waals surface area contributed by atoms with Gasteiger partial charge in [0.1, 0.15) is 0 Å². The number of nitrogens with one attached hydrogen (secondary N) is 1. The standard InChI is InChI=1S/C10H19N3S/c11-10(14)13-12-8-4-7-9-5-2-1-3-6-9/h8-9H,1-7H2,(H3,11,13,14). The van der Waals surface area contributed by atoms with Crippen LogP contribution in [0.5, 0.6) is 0 Å². The molecular formula is C10H19N3S. The summed E-state index contributed by atoms with van der Waals surface area (Å²) < 4.78 is 0. The molecule has 0 aromatic heterocycles. The molecule has 0 radical (unpaired) electrons. The zero-order valence-corrected chi connectivity index (χ0v) is 9.35. The van der Waals surface area contributed by atoms with Gasteiger partial charge >= 0.3 is 0 Å². The Morgan fingerprint density at radius 1 is 1.43 bits per heavy atom. The highest BCUT2D eigenvalue weighted by Gasteiger charge is 2.11. The lowest BCUT2D eigenvalue weighted by Crippen LogP contribution is -2.23. The lowest BCUT2D eigenvalue weighted by Gasteiger charge is -2.20. The third-order valence-corrected chi connectivity index (χ3v) is 2.79. The zero-order chi connectivity index (χ0) is 10.2. The average Bonchev–Trinajstić information content (AvgIpc) is 2.18. The van der Waals surface area contributed by atoms with Gasteiger partial charge in [-0.05, 0) is 31.0 Å². The van der Waals surface area contributed by atoms with E-state index in [1.54, 1.807) is 0 Å². The molecule has 0 aromatic carbocycles. The molecule has 80 valence electrons. The molecule has 0 aromatic rings. The SMILES string of the molecule is NC(=S)NN=CCCC1CCCCC1. The highest BCUT2D eigenvalue weighted by molar-refractivity contribution is 7.80. The molecule has 0 spiro atoms. The molecule has 1 aliphatic rings. The van der Waals surface area contributed by atoms with E-state index in [0.717, 1.165) is 12.3 Å². The minimum absolute atomic E-state index is 0.235. The highest BCUT2D eigenvalue weighted by atomic mass is 32.1. The Hall–Kier alpha value is -0.640. The van der Waals surface area contributed by atoms with Gasteiger partial charge in [0.2, 0.25) is 0 Å². The van der Waals surface area contributed by atoms with Crippen LogP contribution in [0.4, 0.5) is 0 Å². The molecule has 3 N–H and O–H groups in total. The summed E-state index contributed by atoms with van der Waals surface area (Å²) in [6.07, 6.45) is 11.2. The molecule has 0 amide bonds. The lowest BCUT2D eigenvalue weighted by atomic mass is 9.86. The van der Waals surface area contributed by atoms with Crippen LogP contribution in [-0.2, 0) is 0 Å². The van der Waals surface area contributed by atoms with Crippen LogP contribution in [0.2, 0.25) is 0 Å². The van der Waals surface area contributed by atoms with Crippen molar-refractivity contribution in [3.05, 3.63) is 0 Å². The summed E-state index contributed by atoms with van der Waals surface area (Å²) in [5.74, 6) is 0.917. The monoisotopic (exact) mass is 213 g/mol. The number of rotatable bonds is 4. The Kier molecular flexibility index (Phi) is 5.52. The van der Waals surface area contributed by atoms with Crippen molar-refractivity contribution in [3.8, 4) is 0 Å². The van der Waals surface area contributed by atoms with Crippen LogP contribution in [0.15, 0.2) is 5.10 Å². The van der Waals surface area contributed by atoms with Gasteiger partial charge in [0, 0.05) is 6.21 Å². The highest BCUT2D eigenvalue weighted by Crippen LogP contribution is 2.26. The van der Waals surface area contributed by atoms with E-state index >= 15 is 0 Å². The van der Waals surface area contributed by atoms with Gasteiger partial charge in [-0.2, -0.15) is 5.10 Å². The predicted octanol–water partition coefficient (Wildman–Crippen LogP) is 2.17. The Labute approximate surface area is 91.1 Å². The number of thiocarbonyl (C=S) groups is 1. The van der Waals surface area contributed by atoms with Crippen molar-refractivity contribution in [3.63, 3.8) is 0 Å². The van der Waals surface area contributed by atoms with Crippen LogP contribution in [0.1, 0.15) is 44.9 Å². The van der Waals surface area contributed by atoms with Crippen molar-refractivity contribution >= 4 is 23.5 Å². The normalized spacial score (nSPS) is 18.6. The van der Waals surface area contributed by atoms with Crippen LogP contribution in [0.25, 0.3) is 0 Å². The first-order valence-corrected chi connectivity index (χ1v) is 5.77. The largest absolute Gasteiger partial charge is 0.375 e. The second-order valence-corrected chi connectivity index (χ2v) is 4.31. The summed E-state index contributed by atoms with van der Waals surface area (Å²) in [6, 6.07) is 0. The molecule has 3 nitrogen and oxygen atoms in total. The second kappa shape index (κ2) is 6.76. The topological polar surface area (TPSA) is 50.4 Å². The van der Waals surface area contributed by atoms with Crippen molar-refractivity contribution in [2.45, 2.75) is 44.9 Å². The van der Waals surface area contributed by atoms with Gasteiger partial charge in [-0.15, -0.1) is 0 Å². The Balaban J connectivity index is 2.02. The van der Waals surface area contributed by atoms with Gasteiger partial charge in [0.25, 0.3) is 0 Å². The maximum Gasteiger partial charge on any atom is 0.184 e. The van der Waals surface area contributed by atoms with Crippen LogP contribution in [-0.4, -0.2) is 11.3 Å². The fourth-order valence-electron chi connectivity index (χ4n) is 1.96. The molecule has 1 fully saturated rings. The van der Waals surface area contributed by atoms with Crippen LogP contribution >= 0.6 is 12.2 Å². The molecule has 1 saturated carbocycles. The number of hydrazone groups is 1. The molecule has 0 heterocycles. The minimum atomic E-state index is 0.235.